The molecule has 1 amide bonds. The van der Waals surface area contributed by atoms with Crippen LogP contribution < -0.4 is 5.32 Å². The zero-order valence-electron chi connectivity index (χ0n) is 17.7. The van der Waals surface area contributed by atoms with Crippen molar-refractivity contribution in [2.45, 2.75) is 20.3 Å². The summed E-state index contributed by atoms with van der Waals surface area (Å²) in [5.74, 6) is 0.413. The van der Waals surface area contributed by atoms with Crippen LogP contribution in [-0.2, 0) is 6.42 Å². The lowest BCUT2D eigenvalue weighted by atomic mass is 10.1. The van der Waals surface area contributed by atoms with Gasteiger partial charge in [-0.25, -0.2) is 4.68 Å². The van der Waals surface area contributed by atoms with Crippen molar-refractivity contribution >= 4 is 22.5 Å². The minimum Gasteiger partial charge on any atom is -0.355 e. The number of aromatic nitrogens is 4. The summed E-state index contributed by atoms with van der Waals surface area (Å²) in [6, 6.07) is 23.2. The number of carbonyl (C=O) groups is 1. The van der Waals surface area contributed by atoms with E-state index in [4.69, 9.17) is 4.52 Å². The largest absolute Gasteiger partial charge is 0.355 e. The minimum absolute atomic E-state index is 0.279. The number of hydrogen-bond donors (Lipinski definition) is 1. The monoisotopic (exact) mass is 423 g/mol. The van der Waals surface area contributed by atoms with Crippen LogP contribution >= 0.6 is 0 Å². The van der Waals surface area contributed by atoms with Crippen LogP contribution in [0.1, 0.15) is 28.7 Å². The molecule has 5 aromatic rings. The van der Waals surface area contributed by atoms with Crippen LogP contribution in [0, 0.1) is 6.92 Å². The zero-order valence-corrected chi connectivity index (χ0v) is 17.7. The first-order valence-corrected chi connectivity index (χ1v) is 10.4. The predicted molar refractivity (Wildman–Crippen MR) is 123 cm³/mol. The molecule has 3 aromatic carbocycles. The summed E-state index contributed by atoms with van der Waals surface area (Å²) in [5.41, 5.74) is 5.27. The highest BCUT2D eigenvalue weighted by Gasteiger charge is 2.21. The molecule has 0 aliphatic rings. The molecule has 0 unspecified atom stereocenters. The maximum atomic E-state index is 12.9. The van der Waals surface area contributed by atoms with E-state index in [1.165, 1.54) is 0 Å². The van der Waals surface area contributed by atoms with Gasteiger partial charge >= 0.3 is 0 Å². The second-order valence-electron chi connectivity index (χ2n) is 7.50. The highest BCUT2D eigenvalue weighted by Crippen LogP contribution is 2.30. The first-order valence-electron chi connectivity index (χ1n) is 10.4. The molecule has 0 aliphatic heterocycles. The molecule has 2 heterocycles. The van der Waals surface area contributed by atoms with Gasteiger partial charge in [0.1, 0.15) is 5.52 Å². The summed E-state index contributed by atoms with van der Waals surface area (Å²) in [5, 5.41) is 16.5. The number of nitrogens with one attached hydrogen (secondary N) is 1. The molecule has 0 saturated carbocycles. The molecule has 32 heavy (non-hydrogen) atoms. The van der Waals surface area contributed by atoms with Gasteiger partial charge in [-0.3, -0.25) is 4.79 Å². The lowest BCUT2D eigenvalue weighted by Gasteiger charge is -2.08. The van der Waals surface area contributed by atoms with Crippen LogP contribution in [-0.4, -0.2) is 26.1 Å². The van der Waals surface area contributed by atoms with Gasteiger partial charge in [0.25, 0.3) is 5.91 Å². The Morgan fingerprint density at radius 3 is 2.59 bits per heavy atom. The molecular formula is C25H21N5O2. The number of aryl methyl sites for hydroxylation is 1. The second-order valence-corrected chi connectivity index (χ2v) is 7.50. The Bertz CT molecular complexity index is 1420. The highest BCUT2D eigenvalue weighted by molar-refractivity contribution is 6.04. The van der Waals surface area contributed by atoms with Gasteiger partial charge < -0.3 is 9.84 Å². The molecule has 1 N–H and O–H groups in total. The van der Waals surface area contributed by atoms with E-state index in [0.717, 1.165) is 39.1 Å². The Kier molecular flexibility index (Phi) is 4.99. The summed E-state index contributed by atoms with van der Waals surface area (Å²) >= 11 is 0. The van der Waals surface area contributed by atoms with Crippen LogP contribution in [0.5, 0.6) is 0 Å². The number of benzene rings is 3. The fourth-order valence-electron chi connectivity index (χ4n) is 3.76. The number of nitrogens with zero attached hydrogens (tertiary/aromatic N) is 4. The van der Waals surface area contributed by atoms with Crippen LogP contribution in [0.25, 0.3) is 27.9 Å². The maximum Gasteiger partial charge on any atom is 0.278 e. The standard InChI is InChI=1S/C25H21N5O2/c1-3-22-23(25(31)26-20-12-8-7-9-16(20)2)27-29-30(22)18-13-14-21-19(15-18)24(32-28-21)17-10-5-4-6-11-17/h4-15H,3H2,1-2H3,(H,26,31). The normalized spacial score (nSPS) is 11.1. The number of rotatable bonds is 5. The molecule has 7 heteroatoms. The molecule has 0 bridgehead atoms. The van der Waals surface area contributed by atoms with Crippen LogP contribution in [0.3, 0.4) is 0 Å². The zero-order chi connectivity index (χ0) is 22.1. The van der Waals surface area contributed by atoms with Gasteiger partial charge in [-0.1, -0.05) is 65.8 Å². The molecule has 0 aliphatic carbocycles. The van der Waals surface area contributed by atoms with E-state index in [1.54, 1.807) is 4.68 Å². The second kappa shape index (κ2) is 8.11. The lowest BCUT2D eigenvalue weighted by molar-refractivity contribution is 0.102. The van der Waals surface area contributed by atoms with E-state index >= 15 is 0 Å². The molecular weight excluding hydrogens is 402 g/mol. The fraction of sp³-hybridized carbons (Fsp3) is 0.120. The van der Waals surface area contributed by atoms with E-state index in [1.807, 2.05) is 86.6 Å². The lowest BCUT2D eigenvalue weighted by Crippen LogP contribution is -2.16. The van der Waals surface area contributed by atoms with Gasteiger partial charge in [0.05, 0.1) is 16.8 Å². The van der Waals surface area contributed by atoms with E-state index in [2.05, 4.69) is 20.8 Å². The number of hydrogen-bond acceptors (Lipinski definition) is 5. The number of anilines is 1. The first-order chi connectivity index (χ1) is 15.7. The third-order valence-electron chi connectivity index (χ3n) is 5.45. The Morgan fingerprint density at radius 1 is 1.03 bits per heavy atom. The van der Waals surface area contributed by atoms with Gasteiger partial charge in [-0.2, -0.15) is 0 Å². The third-order valence-corrected chi connectivity index (χ3v) is 5.45. The number of para-hydroxylation sites is 1. The van der Waals surface area contributed by atoms with Gasteiger partial charge in [0.2, 0.25) is 0 Å². The SMILES string of the molecule is CCc1c(C(=O)Nc2ccccc2C)nnn1-c1ccc2noc(-c3ccccc3)c2c1. The van der Waals surface area contributed by atoms with Crippen molar-refractivity contribution in [3.8, 4) is 17.0 Å². The quantitative estimate of drug-likeness (QED) is 0.420. The Balaban J connectivity index is 1.53. The van der Waals surface area contributed by atoms with Crippen LogP contribution in [0.15, 0.2) is 77.3 Å². The first kappa shape index (κ1) is 19.7. The van der Waals surface area contributed by atoms with Crippen molar-refractivity contribution in [3.63, 3.8) is 0 Å². The van der Waals surface area contributed by atoms with Crippen molar-refractivity contribution in [1.29, 1.82) is 0 Å². The molecule has 0 fully saturated rings. The molecule has 158 valence electrons. The molecule has 0 atom stereocenters. The Labute approximate surface area is 184 Å². The molecule has 2 aromatic heterocycles. The average Bonchev–Trinajstić information content (AvgIpc) is 3.45. The van der Waals surface area contributed by atoms with Crippen molar-refractivity contribution in [3.05, 3.63) is 89.7 Å². The maximum absolute atomic E-state index is 12.9. The number of fused-ring (bicyclic) bond motifs is 1. The summed E-state index contributed by atoms with van der Waals surface area (Å²) in [6.07, 6.45) is 0.594. The summed E-state index contributed by atoms with van der Waals surface area (Å²) in [7, 11) is 0. The minimum atomic E-state index is -0.279. The number of carbonyl (C=O) groups excluding carboxylic acids is 1. The van der Waals surface area contributed by atoms with Crippen molar-refractivity contribution in [2.24, 2.45) is 0 Å². The predicted octanol–water partition coefficient (Wildman–Crippen LogP) is 5.20. The van der Waals surface area contributed by atoms with Crippen molar-refractivity contribution in [1.82, 2.24) is 20.2 Å². The van der Waals surface area contributed by atoms with Crippen LogP contribution in [0.4, 0.5) is 5.69 Å². The van der Waals surface area contributed by atoms with Crippen molar-refractivity contribution < 1.29 is 9.32 Å². The highest BCUT2D eigenvalue weighted by atomic mass is 16.5. The van der Waals surface area contributed by atoms with Gasteiger partial charge in [-0.05, 0) is 43.2 Å². The average molecular weight is 423 g/mol. The number of amides is 1. The summed E-state index contributed by atoms with van der Waals surface area (Å²) < 4.78 is 7.31. The molecule has 0 radical (unpaired) electrons. The Morgan fingerprint density at radius 2 is 1.81 bits per heavy atom. The van der Waals surface area contributed by atoms with Crippen molar-refractivity contribution in [2.75, 3.05) is 5.32 Å². The van der Waals surface area contributed by atoms with Crippen LogP contribution in [0.2, 0.25) is 0 Å². The molecule has 7 nitrogen and oxygen atoms in total. The van der Waals surface area contributed by atoms with Gasteiger partial charge in [-0.15, -0.1) is 5.10 Å². The molecule has 0 spiro atoms. The molecule has 0 saturated heterocycles. The van der Waals surface area contributed by atoms with E-state index in [9.17, 15) is 4.79 Å². The van der Waals surface area contributed by atoms with E-state index < -0.39 is 0 Å². The van der Waals surface area contributed by atoms with Gasteiger partial charge in [0, 0.05) is 11.3 Å². The van der Waals surface area contributed by atoms with Gasteiger partial charge in [0.15, 0.2) is 11.5 Å². The molecule has 5 rings (SSSR count). The van der Waals surface area contributed by atoms with E-state index in [-0.39, 0.29) is 5.91 Å². The fourth-order valence-corrected chi connectivity index (χ4v) is 3.76. The summed E-state index contributed by atoms with van der Waals surface area (Å²) in [4.78, 5) is 12.9. The Hall–Kier alpha value is -4.26. The summed E-state index contributed by atoms with van der Waals surface area (Å²) in [6.45, 7) is 3.93. The smallest absolute Gasteiger partial charge is 0.278 e. The third kappa shape index (κ3) is 3.43. The topological polar surface area (TPSA) is 85.8 Å². The van der Waals surface area contributed by atoms with E-state index in [0.29, 0.717) is 17.9 Å².